The maximum absolute atomic E-state index is 12.4. The van der Waals surface area contributed by atoms with Crippen molar-refractivity contribution in [3.8, 4) is 28.0 Å². The molecule has 4 aromatic rings. The van der Waals surface area contributed by atoms with Gasteiger partial charge in [-0.3, -0.25) is 14.6 Å². The lowest BCUT2D eigenvalue weighted by Crippen LogP contribution is -2.16. The number of carbonyl (C=O) groups is 2. The summed E-state index contributed by atoms with van der Waals surface area (Å²) in [6.45, 7) is 0.404. The number of ether oxygens (including phenoxy) is 1. The Hall–Kier alpha value is -4.08. The highest BCUT2D eigenvalue weighted by atomic mass is 35.5. The van der Waals surface area contributed by atoms with E-state index in [2.05, 4.69) is 15.0 Å². The summed E-state index contributed by atoms with van der Waals surface area (Å²) in [5.74, 6) is -1.49. The minimum absolute atomic E-state index is 0.0788. The number of carboxylic acids is 1. The van der Waals surface area contributed by atoms with E-state index in [-0.39, 0.29) is 36.5 Å². The van der Waals surface area contributed by atoms with E-state index in [1.165, 1.54) is 24.3 Å². The molecule has 2 N–H and O–H groups in total. The number of carboxylic acid groups (broad SMARTS) is 1. The molecule has 4 rings (SSSR count). The van der Waals surface area contributed by atoms with Gasteiger partial charge in [-0.1, -0.05) is 53.5 Å². The number of hydrogen-bond donors (Lipinski definition) is 2. The maximum atomic E-state index is 12.4. The molecule has 0 aliphatic heterocycles. The Kier molecular flexibility index (Phi) is 9.52. The van der Waals surface area contributed by atoms with Crippen molar-refractivity contribution in [3.05, 3.63) is 100 Å². The number of anilines is 1. The molecule has 3 aromatic carbocycles. The maximum Gasteiger partial charge on any atom is 0.573 e. The number of Topliss-reactive ketones (excluding diaryl/α,β-unsaturated/α-hetero) is 1. The molecule has 41 heavy (non-hydrogen) atoms. The fourth-order valence-corrected chi connectivity index (χ4v) is 4.57. The molecule has 212 valence electrons. The van der Waals surface area contributed by atoms with Gasteiger partial charge in [0.15, 0.2) is 5.78 Å². The van der Waals surface area contributed by atoms with Crippen molar-refractivity contribution in [3.63, 3.8) is 0 Å². The largest absolute Gasteiger partial charge is 0.573 e. The Morgan fingerprint density at radius 1 is 0.878 bits per heavy atom. The van der Waals surface area contributed by atoms with Crippen LogP contribution in [-0.4, -0.2) is 28.2 Å². The van der Waals surface area contributed by atoms with Gasteiger partial charge < -0.3 is 15.2 Å². The van der Waals surface area contributed by atoms with Crippen LogP contribution in [0.25, 0.3) is 22.3 Å². The topological polar surface area (TPSA) is 88.5 Å². The molecule has 0 radical (unpaired) electrons. The van der Waals surface area contributed by atoms with E-state index in [1.807, 2.05) is 12.1 Å². The number of ketones is 1. The monoisotopic (exact) mass is 602 g/mol. The smallest absolute Gasteiger partial charge is 0.481 e. The zero-order valence-electron chi connectivity index (χ0n) is 21.3. The number of pyridine rings is 1. The molecule has 1 aromatic heterocycles. The summed E-state index contributed by atoms with van der Waals surface area (Å²) < 4.78 is 41.2. The molecule has 1 heterocycles. The molecule has 0 unspecified atom stereocenters. The fraction of sp³-hybridized carbons (Fsp3) is 0.167. The molecule has 0 aliphatic rings. The minimum Gasteiger partial charge on any atom is -0.481 e. The number of nitrogens with zero attached hydrogens (tertiary/aromatic N) is 1. The summed E-state index contributed by atoms with van der Waals surface area (Å²) in [6, 6.07) is 19.6. The Balaban J connectivity index is 1.45. The minimum atomic E-state index is -4.76. The number of benzene rings is 3. The number of rotatable bonds is 11. The van der Waals surface area contributed by atoms with Crippen LogP contribution in [0.3, 0.4) is 0 Å². The second-order valence-electron chi connectivity index (χ2n) is 9.02. The fourth-order valence-electron chi connectivity index (χ4n) is 4.11. The van der Waals surface area contributed by atoms with E-state index in [1.54, 1.807) is 42.6 Å². The average molecular weight is 603 g/mol. The molecule has 0 amide bonds. The molecule has 11 heteroatoms. The van der Waals surface area contributed by atoms with Crippen LogP contribution in [0.1, 0.15) is 35.3 Å². The van der Waals surface area contributed by atoms with Gasteiger partial charge in [0.2, 0.25) is 0 Å². The highest BCUT2D eigenvalue weighted by molar-refractivity contribution is 6.33. The standard InChI is InChI=1S/C30H23Cl2F3N2O4/c31-21-8-4-19(25(14-21)20-7-13-27(37-17-20)28(38)2-1-3-29(39)40)16-36-22-9-12-24(26(32)15-22)18-5-10-23(11-6-18)41-30(33,34)35/h4-15,17,36H,1-3,16H2,(H,39,40). The van der Waals surface area contributed by atoms with Crippen LogP contribution in [0.2, 0.25) is 10.0 Å². The summed E-state index contributed by atoms with van der Waals surface area (Å²) in [6.07, 6.45) is -2.92. The predicted molar refractivity (Wildman–Crippen MR) is 151 cm³/mol. The van der Waals surface area contributed by atoms with Crippen LogP contribution in [0.5, 0.6) is 5.75 Å². The lowest BCUT2D eigenvalue weighted by atomic mass is 10.00. The van der Waals surface area contributed by atoms with Crippen molar-refractivity contribution in [2.45, 2.75) is 32.2 Å². The predicted octanol–water partition coefficient (Wildman–Crippen LogP) is 8.67. The van der Waals surface area contributed by atoms with Crippen LogP contribution in [0.15, 0.2) is 79.0 Å². The first-order valence-corrected chi connectivity index (χ1v) is 13.1. The van der Waals surface area contributed by atoms with Gasteiger partial charge in [-0.05, 0) is 65.6 Å². The highest BCUT2D eigenvalue weighted by Crippen LogP contribution is 2.33. The number of alkyl halides is 3. The third kappa shape index (κ3) is 8.45. The van der Waals surface area contributed by atoms with E-state index >= 15 is 0 Å². The quantitative estimate of drug-likeness (QED) is 0.167. The number of carbonyl (C=O) groups excluding carboxylic acids is 1. The second kappa shape index (κ2) is 13.1. The lowest BCUT2D eigenvalue weighted by Gasteiger charge is -2.14. The molecule has 0 spiro atoms. The number of aliphatic carboxylic acids is 1. The van der Waals surface area contributed by atoms with E-state index < -0.39 is 12.3 Å². The normalized spacial score (nSPS) is 11.2. The van der Waals surface area contributed by atoms with Crippen LogP contribution in [0, 0.1) is 0 Å². The third-order valence-electron chi connectivity index (χ3n) is 6.08. The molecular weight excluding hydrogens is 580 g/mol. The van der Waals surface area contributed by atoms with Crippen molar-refractivity contribution < 1.29 is 32.6 Å². The van der Waals surface area contributed by atoms with Crippen molar-refractivity contribution in [2.24, 2.45) is 0 Å². The van der Waals surface area contributed by atoms with E-state index in [0.29, 0.717) is 27.7 Å². The van der Waals surface area contributed by atoms with Crippen molar-refractivity contribution in [2.75, 3.05) is 5.32 Å². The van der Waals surface area contributed by atoms with Gasteiger partial charge in [0, 0.05) is 47.4 Å². The van der Waals surface area contributed by atoms with Gasteiger partial charge in [-0.25, -0.2) is 0 Å². The van der Waals surface area contributed by atoms with Crippen molar-refractivity contribution >= 4 is 40.6 Å². The van der Waals surface area contributed by atoms with Crippen molar-refractivity contribution in [1.82, 2.24) is 4.98 Å². The molecule has 0 aliphatic carbocycles. The first-order valence-electron chi connectivity index (χ1n) is 12.4. The van der Waals surface area contributed by atoms with Crippen molar-refractivity contribution in [1.29, 1.82) is 0 Å². The molecule has 0 bridgehead atoms. The third-order valence-corrected chi connectivity index (χ3v) is 6.63. The molecule has 0 saturated carbocycles. The molecular formula is C30H23Cl2F3N2O4. The van der Waals surface area contributed by atoms with E-state index in [0.717, 1.165) is 22.4 Å². The van der Waals surface area contributed by atoms with Gasteiger partial charge in [-0.2, -0.15) is 0 Å². The van der Waals surface area contributed by atoms with Crippen LogP contribution in [-0.2, 0) is 11.3 Å². The Morgan fingerprint density at radius 3 is 2.24 bits per heavy atom. The van der Waals surface area contributed by atoms with Gasteiger partial charge in [0.1, 0.15) is 11.4 Å². The van der Waals surface area contributed by atoms with Gasteiger partial charge >= 0.3 is 12.3 Å². The number of hydrogen-bond acceptors (Lipinski definition) is 5. The summed E-state index contributed by atoms with van der Waals surface area (Å²) in [4.78, 5) is 27.3. The molecule has 6 nitrogen and oxygen atoms in total. The molecule has 0 fully saturated rings. The van der Waals surface area contributed by atoms with E-state index in [4.69, 9.17) is 28.3 Å². The summed E-state index contributed by atoms with van der Waals surface area (Å²) >= 11 is 12.8. The van der Waals surface area contributed by atoms with Gasteiger partial charge in [0.25, 0.3) is 0 Å². The zero-order chi connectivity index (χ0) is 29.6. The second-order valence-corrected chi connectivity index (χ2v) is 9.87. The first kappa shape index (κ1) is 29.9. The Bertz CT molecular complexity index is 1540. The number of halogens is 5. The highest BCUT2D eigenvalue weighted by Gasteiger charge is 2.31. The summed E-state index contributed by atoms with van der Waals surface area (Å²) in [7, 11) is 0. The molecule has 0 saturated heterocycles. The SMILES string of the molecule is O=C(O)CCCC(=O)c1ccc(-c2cc(Cl)ccc2CNc2ccc(-c3ccc(OC(F)(F)F)cc3)c(Cl)c2)cn1. The first-order chi connectivity index (χ1) is 19.5. The lowest BCUT2D eigenvalue weighted by molar-refractivity contribution is -0.274. The van der Waals surface area contributed by atoms with Crippen LogP contribution < -0.4 is 10.1 Å². The van der Waals surface area contributed by atoms with E-state index in [9.17, 15) is 22.8 Å². The summed E-state index contributed by atoms with van der Waals surface area (Å²) in [5.41, 5.74) is 4.72. The number of aromatic nitrogens is 1. The van der Waals surface area contributed by atoms with Crippen LogP contribution >= 0.6 is 23.2 Å². The summed E-state index contributed by atoms with van der Waals surface area (Å²) in [5, 5.41) is 13.0. The van der Waals surface area contributed by atoms with Gasteiger partial charge in [-0.15, -0.1) is 13.2 Å². The van der Waals surface area contributed by atoms with Gasteiger partial charge in [0.05, 0.1) is 5.02 Å². The zero-order valence-corrected chi connectivity index (χ0v) is 22.9. The Morgan fingerprint density at radius 2 is 1.61 bits per heavy atom. The average Bonchev–Trinajstić information content (AvgIpc) is 2.92. The Labute approximate surface area is 243 Å². The number of nitrogens with one attached hydrogen (secondary N) is 1. The molecule has 0 atom stereocenters. The van der Waals surface area contributed by atoms with Crippen LogP contribution in [0.4, 0.5) is 18.9 Å².